The van der Waals surface area contributed by atoms with Crippen LogP contribution in [0.5, 0.6) is 0 Å². The lowest BCUT2D eigenvalue weighted by Gasteiger charge is -1.99. The molecular weight excluding hydrogens is 112 g/mol. The van der Waals surface area contributed by atoms with Crippen LogP contribution in [0.3, 0.4) is 0 Å². The van der Waals surface area contributed by atoms with E-state index in [0.717, 1.165) is 18.5 Å². The molecule has 0 aromatic heterocycles. The van der Waals surface area contributed by atoms with Gasteiger partial charge in [-0.15, -0.1) is 0 Å². The molecule has 0 bridgehead atoms. The van der Waals surface area contributed by atoms with E-state index < -0.39 is 0 Å². The van der Waals surface area contributed by atoms with E-state index in [9.17, 15) is 0 Å². The minimum Gasteiger partial charge on any atom is -0.284 e. The van der Waals surface area contributed by atoms with Crippen LogP contribution in [-0.4, -0.2) is 6.72 Å². The van der Waals surface area contributed by atoms with Gasteiger partial charge in [-0.3, -0.25) is 5.43 Å². The molecule has 0 aliphatic rings. The van der Waals surface area contributed by atoms with Crippen LogP contribution in [0.2, 0.25) is 0 Å². The summed E-state index contributed by atoms with van der Waals surface area (Å²) in [5.41, 5.74) is 3.95. The summed E-state index contributed by atoms with van der Waals surface area (Å²) in [4.78, 5) is 0. The first-order chi connectivity index (χ1) is 4.35. The van der Waals surface area contributed by atoms with Crippen molar-refractivity contribution in [3.63, 3.8) is 0 Å². The number of rotatable bonds is 4. The van der Waals surface area contributed by atoms with Crippen LogP contribution in [0.4, 0.5) is 0 Å². The smallest absolute Gasteiger partial charge is 0.0293 e. The van der Waals surface area contributed by atoms with Gasteiger partial charge in [-0.2, -0.15) is 5.10 Å². The molecule has 1 N–H and O–H groups in total. The topological polar surface area (TPSA) is 24.4 Å². The SMILES string of the molecule is C=NN/C(=C/CC)CC. The van der Waals surface area contributed by atoms with E-state index in [-0.39, 0.29) is 0 Å². The summed E-state index contributed by atoms with van der Waals surface area (Å²) in [5, 5.41) is 3.56. The molecule has 0 aliphatic heterocycles. The minimum absolute atomic E-state index is 0.993. The molecule has 0 aliphatic carbocycles. The Bertz CT molecular complexity index is 105. The summed E-state index contributed by atoms with van der Waals surface area (Å²) in [6.45, 7) is 7.51. The van der Waals surface area contributed by atoms with Gasteiger partial charge in [0.15, 0.2) is 0 Å². The second kappa shape index (κ2) is 5.35. The van der Waals surface area contributed by atoms with Crippen molar-refractivity contribution < 1.29 is 0 Å². The summed E-state index contributed by atoms with van der Waals surface area (Å²) in [7, 11) is 0. The predicted octanol–water partition coefficient (Wildman–Crippen LogP) is 1.90. The highest BCUT2D eigenvalue weighted by molar-refractivity contribution is 5.23. The van der Waals surface area contributed by atoms with Gasteiger partial charge < -0.3 is 0 Å². The Labute approximate surface area is 56.7 Å². The summed E-state index contributed by atoms with van der Waals surface area (Å²) >= 11 is 0. The number of allylic oxidation sites excluding steroid dienone is 2. The van der Waals surface area contributed by atoms with Gasteiger partial charge in [0.05, 0.1) is 0 Å². The molecule has 2 heteroatoms. The van der Waals surface area contributed by atoms with Crippen LogP contribution in [0.1, 0.15) is 26.7 Å². The number of hydrogen-bond donors (Lipinski definition) is 1. The van der Waals surface area contributed by atoms with Crippen LogP contribution >= 0.6 is 0 Å². The van der Waals surface area contributed by atoms with Crippen molar-refractivity contribution in [1.29, 1.82) is 0 Å². The maximum absolute atomic E-state index is 3.56. The largest absolute Gasteiger partial charge is 0.284 e. The van der Waals surface area contributed by atoms with Gasteiger partial charge in [-0.05, 0) is 12.8 Å². The zero-order chi connectivity index (χ0) is 7.11. The monoisotopic (exact) mass is 126 g/mol. The van der Waals surface area contributed by atoms with E-state index in [1.165, 1.54) is 0 Å². The summed E-state index contributed by atoms with van der Waals surface area (Å²) in [5.74, 6) is 0. The van der Waals surface area contributed by atoms with Crippen molar-refractivity contribution in [2.45, 2.75) is 26.7 Å². The Kier molecular flexibility index (Phi) is 4.88. The van der Waals surface area contributed by atoms with Crippen molar-refractivity contribution in [2.75, 3.05) is 0 Å². The first-order valence-corrected chi connectivity index (χ1v) is 3.25. The third kappa shape index (κ3) is 3.76. The Hall–Kier alpha value is -0.790. The first kappa shape index (κ1) is 8.21. The van der Waals surface area contributed by atoms with E-state index in [4.69, 9.17) is 0 Å². The van der Waals surface area contributed by atoms with E-state index in [1.807, 2.05) is 0 Å². The lowest BCUT2D eigenvalue weighted by Crippen LogP contribution is -2.02. The fourth-order valence-electron chi connectivity index (χ4n) is 0.617. The summed E-state index contributed by atoms with van der Waals surface area (Å²) in [6.07, 6.45) is 4.15. The molecule has 0 aromatic rings. The fourth-order valence-corrected chi connectivity index (χ4v) is 0.617. The van der Waals surface area contributed by atoms with Crippen molar-refractivity contribution in [2.24, 2.45) is 5.10 Å². The van der Waals surface area contributed by atoms with E-state index in [0.29, 0.717) is 0 Å². The molecule has 0 spiro atoms. The first-order valence-electron chi connectivity index (χ1n) is 3.25. The number of hydrazone groups is 1. The van der Waals surface area contributed by atoms with Crippen molar-refractivity contribution in [3.05, 3.63) is 11.8 Å². The lowest BCUT2D eigenvalue weighted by molar-refractivity contribution is 0.825. The molecule has 52 valence electrons. The zero-order valence-electron chi connectivity index (χ0n) is 6.15. The van der Waals surface area contributed by atoms with Crippen LogP contribution in [-0.2, 0) is 0 Å². The second-order valence-corrected chi connectivity index (χ2v) is 1.76. The average Bonchev–Trinajstić information content (AvgIpc) is 1.88. The van der Waals surface area contributed by atoms with Gasteiger partial charge in [0, 0.05) is 12.4 Å². The fraction of sp³-hybridized carbons (Fsp3) is 0.571. The Morgan fingerprint density at radius 1 is 1.67 bits per heavy atom. The van der Waals surface area contributed by atoms with Gasteiger partial charge in [0.1, 0.15) is 0 Å². The minimum atomic E-state index is 0.993. The third-order valence-electron chi connectivity index (χ3n) is 1.05. The zero-order valence-corrected chi connectivity index (χ0v) is 6.15. The molecule has 0 rings (SSSR count). The molecule has 0 fully saturated rings. The number of nitrogens with one attached hydrogen (secondary N) is 1. The standard InChI is InChI=1S/C7H14N2/c1-4-6-7(5-2)9-8-3/h6,9H,3-5H2,1-2H3/b7-6+. The molecule has 0 saturated carbocycles. The van der Waals surface area contributed by atoms with Crippen LogP contribution in [0.25, 0.3) is 0 Å². The Morgan fingerprint density at radius 3 is 2.67 bits per heavy atom. The number of hydrogen-bond acceptors (Lipinski definition) is 2. The van der Waals surface area contributed by atoms with Gasteiger partial charge in [0.25, 0.3) is 0 Å². The van der Waals surface area contributed by atoms with Gasteiger partial charge >= 0.3 is 0 Å². The predicted molar refractivity (Wildman–Crippen MR) is 41.3 cm³/mol. The molecule has 0 unspecified atom stereocenters. The quantitative estimate of drug-likeness (QED) is 0.451. The molecule has 9 heavy (non-hydrogen) atoms. The summed E-state index contributed by atoms with van der Waals surface area (Å²) in [6, 6.07) is 0. The molecule has 0 saturated heterocycles. The number of nitrogens with zero attached hydrogens (tertiary/aromatic N) is 1. The lowest BCUT2D eigenvalue weighted by atomic mass is 10.3. The normalized spacial score (nSPS) is 11.1. The molecule has 0 radical (unpaired) electrons. The molecule has 0 aromatic carbocycles. The highest BCUT2D eigenvalue weighted by atomic mass is 15.3. The third-order valence-corrected chi connectivity index (χ3v) is 1.05. The van der Waals surface area contributed by atoms with Crippen LogP contribution < -0.4 is 5.43 Å². The van der Waals surface area contributed by atoms with Crippen molar-refractivity contribution in [3.8, 4) is 0 Å². The average molecular weight is 126 g/mol. The molecule has 0 atom stereocenters. The van der Waals surface area contributed by atoms with Crippen LogP contribution in [0, 0.1) is 0 Å². The molecule has 0 amide bonds. The van der Waals surface area contributed by atoms with Gasteiger partial charge in [-0.1, -0.05) is 19.9 Å². The maximum atomic E-state index is 3.56. The highest BCUT2D eigenvalue weighted by Gasteiger charge is 1.85. The molecular formula is C7H14N2. The van der Waals surface area contributed by atoms with Crippen LogP contribution in [0.15, 0.2) is 16.9 Å². The van der Waals surface area contributed by atoms with E-state index in [2.05, 4.69) is 37.2 Å². The Balaban J connectivity index is 3.65. The van der Waals surface area contributed by atoms with Crippen molar-refractivity contribution in [1.82, 2.24) is 5.43 Å². The van der Waals surface area contributed by atoms with E-state index >= 15 is 0 Å². The molecule has 0 heterocycles. The summed E-state index contributed by atoms with van der Waals surface area (Å²) < 4.78 is 0. The molecule has 2 nitrogen and oxygen atoms in total. The van der Waals surface area contributed by atoms with Crippen molar-refractivity contribution >= 4 is 6.72 Å². The van der Waals surface area contributed by atoms with Gasteiger partial charge in [-0.25, -0.2) is 0 Å². The maximum Gasteiger partial charge on any atom is 0.0293 e. The Morgan fingerprint density at radius 2 is 2.33 bits per heavy atom. The second-order valence-electron chi connectivity index (χ2n) is 1.76. The van der Waals surface area contributed by atoms with E-state index in [1.54, 1.807) is 0 Å². The van der Waals surface area contributed by atoms with Gasteiger partial charge in [0.2, 0.25) is 0 Å². The highest BCUT2D eigenvalue weighted by Crippen LogP contribution is 1.96.